The summed E-state index contributed by atoms with van der Waals surface area (Å²) in [5.74, 6) is 0.639. The zero-order valence-corrected chi connectivity index (χ0v) is 7.54. The molecular weight excluding hydrogens is 188 g/mol. The standard InChI is InChI=1S/C10H11F2NO/c11-10(12)14-9-4-7(6-1-2-6)3-8(13)5-9/h3-6,10H,1-2,13H2. The lowest BCUT2D eigenvalue weighted by Gasteiger charge is -2.07. The van der Waals surface area contributed by atoms with E-state index >= 15 is 0 Å². The van der Waals surface area contributed by atoms with Crippen molar-refractivity contribution >= 4 is 5.69 Å². The number of benzene rings is 1. The highest BCUT2D eigenvalue weighted by Gasteiger charge is 2.24. The van der Waals surface area contributed by atoms with E-state index in [2.05, 4.69) is 4.74 Å². The van der Waals surface area contributed by atoms with Gasteiger partial charge in [0.1, 0.15) is 5.75 Å². The molecule has 0 radical (unpaired) electrons. The van der Waals surface area contributed by atoms with Crippen LogP contribution in [0.4, 0.5) is 14.5 Å². The second-order valence-corrected chi connectivity index (χ2v) is 3.49. The van der Waals surface area contributed by atoms with Crippen molar-refractivity contribution in [3.63, 3.8) is 0 Å². The summed E-state index contributed by atoms with van der Waals surface area (Å²) in [7, 11) is 0. The summed E-state index contributed by atoms with van der Waals surface area (Å²) in [5.41, 5.74) is 7.05. The van der Waals surface area contributed by atoms with Gasteiger partial charge in [0.15, 0.2) is 0 Å². The van der Waals surface area contributed by atoms with Gasteiger partial charge in [0.2, 0.25) is 0 Å². The molecule has 0 heterocycles. The van der Waals surface area contributed by atoms with Crippen LogP contribution in [-0.4, -0.2) is 6.61 Å². The maximum atomic E-state index is 11.9. The number of hydrogen-bond acceptors (Lipinski definition) is 2. The Morgan fingerprint density at radius 1 is 1.29 bits per heavy atom. The lowest BCUT2D eigenvalue weighted by atomic mass is 10.1. The highest BCUT2D eigenvalue weighted by Crippen LogP contribution is 2.42. The largest absolute Gasteiger partial charge is 0.435 e. The minimum absolute atomic E-state index is 0.155. The minimum atomic E-state index is -2.79. The van der Waals surface area contributed by atoms with Gasteiger partial charge in [-0.15, -0.1) is 0 Å². The van der Waals surface area contributed by atoms with Crippen LogP contribution in [0.2, 0.25) is 0 Å². The average molecular weight is 199 g/mol. The summed E-state index contributed by atoms with van der Waals surface area (Å²) in [6.07, 6.45) is 2.22. The lowest BCUT2D eigenvalue weighted by molar-refractivity contribution is -0.0498. The predicted octanol–water partition coefficient (Wildman–Crippen LogP) is 2.75. The van der Waals surface area contributed by atoms with Crippen LogP contribution >= 0.6 is 0 Å². The SMILES string of the molecule is Nc1cc(OC(F)F)cc(C2CC2)c1. The van der Waals surface area contributed by atoms with Gasteiger partial charge in [0.05, 0.1) is 0 Å². The maximum Gasteiger partial charge on any atom is 0.387 e. The van der Waals surface area contributed by atoms with Crippen molar-refractivity contribution in [3.05, 3.63) is 23.8 Å². The van der Waals surface area contributed by atoms with Crippen molar-refractivity contribution < 1.29 is 13.5 Å². The Balaban J connectivity index is 2.22. The molecule has 1 fully saturated rings. The number of halogens is 2. The molecule has 0 aromatic heterocycles. The van der Waals surface area contributed by atoms with Crippen LogP contribution in [0.3, 0.4) is 0 Å². The first-order chi connectivity index (χ1) is 6.65. The Kier molecular flexibility index (Phi) is 2.27. The second kappa shape index (κ2) is 3.44. The van der Waals surface area contributed by atoms with Crippen LogP contribution in [-0.2, 0) is 0 Å². The summed E-state index contributed by atoms with van der Waals surface area (Å²) in [5, 5.41) is 0. The van der Waals surface area contributed by atoms with Crippen molar-refractivity contribution in [1.82, 2.24) is 0 Å². The second-order valence-electron chi connectivity index (χ2n) is 3.49. The number of nitrogen functional groups attached to an aromatic ring is 1. The molecule has 1 aromatic rings. The fraction of sp³-hybridized carbons (Fsp3) is 0.400. The van der Waals surface area contributed by atoms with Gasteiger partial charge in [-0.3, -0.25) is 0 Å². The van der Waals surface area contributed by atoms with Gasteiger partial charge < -0.3 is 10.5 Å². The third-order valence-electron chi connectivity index (χ3n) is 2.23. The van der Waals surface area contributed by atoms with E-state index in [0.717, 1.165) is 18.4 Å². The van der Waals surface area contributed by atoms with Crippen molar-refractivity contribution in [3.8, 4) is 5.75 Å². The predicted molar refractivity (Wildman–Crippen MR) is 49.5 cm³/mol. The molecule has 0 saturated heterocycles. The van der Waals surface area contributed by atoms with E-state index in [0.29, 0.717) is 11.6 Å². The Hall–Kier alpha value is -1.32. The number of rotatable bonds is 3. The minimum Gasteiger partial charge on any atom is -0.435 e. The highest BCUT2D eigenvalue weighted by atomic mass is 19.3. The molecule has 4 heteroatoms. The smallest absolute Gasteiger partial charge is 0.387 e. The molecule has 1 aromatic carbocycles. The average Bonchev–Trinajstić information content (AvgIpc) is 2.82. The third-order valence-corrected chi connectivity index (χ3v) is 2.23. The molecule has 0 aliphatic heterocycles. The zero-order valence-electron chi connectivity index (χ0n) is 7.54. The van der Waals surface area contributed by atoms with Crippen LogP contribution in [0.1, 0.15) is 24.3 Å². The normalized spacial score (nSPS) is 15.9. The maximum absolute atomic E-state index is 11.9. The van der Waals surface area contributed by atoms with Gasteiger partial charge in [-0.05, 0) is 36.5 Å². The van der Waals surface area contributed by atoms with E-state index in [-0.39, 0.29) is 5.75 Å². The fourth-order valence-electron chi connectivity index (χ4n) is 1.47. The first kappa shape index (κ1) is 9.24. The molecule has 0 amide bonds. The molecule has 14 heavy (non-hydrogen) atoms. The molecule has 2 nitrogen and oxygen atoms in total. The molecule has 1 saturated carbocycles. The molecule has 0 unspecified atom stereocenters. The van der Waals surface area contributed by atoms with Crippen molar-refractivity contribution in [1.29, 1.82) is 0 Å². The Morgan fingerprint density at radius 2 is 2.00 bits per heavy atom. The van der Waals surface area contributed by atoms with Crippen LogP contribution in [0, 0.1) is 0 Å². The van der Waals surface area contributed by atoms with E-state index in [9.17, 15) is 8.78 Å². The molecule has 0 bridgehead atoms. The Morgan fingerprint density at radius 3 is 2.57 bits per heavy atom. The number of ether oxygens (including phenoxy) is 1. The van der Waals surface area contributed by atoms with E-state index in [1.54, 1.807) is 6.07 Å². The number of nitrogens with two attached hydrogens (primary N) is 1. The quantitative estimate of drug-likeness (QED) is 0.759. The Bertz CT molecular complexity index is 337. The van der Waals surface area contributed by atoms with E-state index < -0.39 is 6.61 Å². The van der Waals surface area contributed by atoms with Crippen LogP contribution < -0.4 is 10.5 Å². The summed E-state index contributed by atoms with van der Waals surface area (Å²) in [4.78, 5) is 0. The van der Waals surface area contributed by atoms with Gasteiger partial charge in [0, 0.05) is 11.8 Å². The summed E-state index contributed by atoms with van der Waals surface area (Å²) in [6, 6.07) is 4.87. The topological polar surface area (TPSA) is 35.2 Å². The van der Waals surface area contributed by atoms with Crippen LogP contribution in [0.25, 0.3) is 0 Å². The first-order valence-corrected chi connectivity index (χ1v) is 4.50. The summed E-state index contributed by atoms with van der Waals surface area (Å²) in [6.45, 7) is -2.79. The monoisotopic (exact) mass is 199 g/mol. The summed E-state index contributed by atoms with van der Waals surface area (Å²) >= 11 is 0. The molecule has 2 rings (SSSR count). The van der Waals surface area contributed by atoms with Gasteiger partial charge in [-0.1, -0.05) is 0 Å². The molecule has 0 spiro atoms. The van der Waals surface area contributed by atoms with Gasteiger partial charge in [-0.2, -0.15) is 8.78 Å². The molecule has 76 valence electrons. The van der Waals surface area contributed by atoms with E-state index in [4.69, 9.17) is 5.73 Å². The highest BCUT2D eigenvalue weighted by molar-refractivity contribution is 5.49. The number of hydrogen-bond donors (Lipinski definition) is 1. The zero-order chi connectivity index (χ0) is 10.1. The number of alkyl halides is 2. The van der Waals surface area contributed by atoms with Crippen molar-refractivity contribution in [2.75, 3.05) is 5.73 Å². The van der Waals surface area contributed by atoms with Crippen LogP contribution in [0.5, 0.6) is 5.75 Å². The lowest BCUT2D eigenvalue weighted by Crippen LogP contribution is -2.03. The van der Waals surface area contributed by atoms with Crippen molar-refractivity contribution in [2.24, 2.45) is 0 Å². The Labute approximate surface area is 80.7 Å². The third kappa shape index (κ3) is 2.13. The summed E-state index contributed by atoms with van der Waals surface area (Å²) < 4.78 is 28.2. The molecule has 1 aliphatic rings. The van der Waals surface area contributed by atoms with Gasteiger partial charge in [0.25, 0.3) is 0 Å². The molecule has 0 atom stereocenters. The van der Waals surface area contributed by atoms with Gasteiger partial charge in [-0.25, -0.2) is 0 Å². The van der Waals surface area contributed by atoms with Crippen LogP contribution in [0.15, 0.2) is 18.2 Å². The van der Waals surface area contributed by atoms with E-state index in [1.165, 1.54) is 6.07 Å². The number of anilines is 1. The molecule has 1 aliphatic carbocycles. The molecule has 2 N–H and O–H groups in total. The van der Waals surface area contributed by atoms with Crippen molar-refractivity contribution in [2.45, 2.75) is 25.4 Å². The fourth-order valence-corrected chi connectivity index (χ4v) is 1.47. The first-order valence-electron chi connectivity index (χ1n) is 4.50. The van der Waals surface area contributed by atoms with E-state index in [1.807, 2.05) is 6.07 Å². The molecular formula is C10H11F2NO. The van der Waals surface area contributed by atoms with Gasteiger partial charge >= 0.3 is 6.61 Å².